The van der Waals surface area contributed by atoms with Crippen molar-refractivity contribution in [3.8, 4) is 11.5 Å². The highest BCUT2D eigenvalue weighted by Crippen LogP contribution is 2.52. The average molecular weight is 425 g/mol. The van der Waals surface area contributed by atoms with Gasteiger partial charge in [0.1, 0.15) is 12.5 Å². The van der Waals surface area contributed by atoms with Gasteiger partial charge in [-0.15, -0.1) is 0 Å². The molecule has 7 heteroatoms. The van der Waals surface area contributed by atoms with Crippen LogP contribution in [0.15, 0.2) is 55.1 Å². The highest BCUT2D eigenvalue weighted by atomic mass is 32.1. The van der Waals surface area contributed by atoms with Crippen LogP contribution in [0.3, 0.4) is 0 Å². The Bertz CT molecular complexity index is 1020. The van der Waals surface area contributed by atoms with Crippen LogP contribution >= 0.6 is 12.2 Å². The van der Waals surface area contributed by atoms with E-state index < -0.39 is 17.7 Å². The maximum atomic E-state index is 13.2. The van der Waals surface area contributed by atoms with Gasteiger partial charge in [-0.25, -0.2) is 0 Å². The second-order valence-corrected chi connectivity index (χ2v) is 7.92. The molecule has 2 bridgehead atoms. The molecule has 2 heterocycles. The maximum absolute atomic E-state index is 13.2. The van der Waals surface area contributed by atoms with Crippen LogP contribution < -0.4 is 19.7 Å². The minimum atomic E-state index is -1.12. The van der Waals surface area contributed by atoms with Crippen molar-refractivity contribution >= 4 is 29.0 Å². The molecule has 0 amide bonds. The molecule has 3 atom stereocenters. The third-order valence-electron chi connectivity index (χ3n) is 5.57. The normalized spacial score (nSPS) is 24.2. The van der Waals surface area contributed by atoms with Gasteiger partial charge in [0.25, 0.3) is 0 Å². The number of nitrogens with one attached hydrogen (secondary N) is 1. The molecule has 1 saturated heterocycles. The number of para-hydroxylation sites is 1. The Balaban J connectivity index is 1.90. The van der Waals surface area contributed by atoms with Crippen molar-refractivity contribution in [2.45, 2.75) is 25.6 Å². The number of aryl methyl sites for hydroxylation is 1. The lowest BCUT2D eigenvalue weighted by Crippen LogP contribution is -2.71. The summed E-state index contributed by atoms with van der Waals surface area (Å²) in [6.07, 6.45) is 1.55. The summed E-state index contributed by atoms with van der Waals surface area (Å²) in [5.41, 5.74) is 1.58. The van der Waals surface area contributed by atoms with E-state index in [2.05, 4.69) is 11.9 Å². The van der Waals surface area contributed by atoms with Crippen molar-refractivity contribution in [1.82, 2.24) is 5.32 Å². The van der Waals surface area contributed by atoms with Crippen molar-refractivity contribution in [1.29, 1.82) is 0 Å². The quantitative estimate of drug-likeness (QED) is 0.444. The number of rotatable bonds is 5. The van der Waals surface area contributed by atoms with Gasteiger partial charge < -0.3 is 19.5 Å². The number of hydrogen-bond acceptors (Lipinski definition) is 5. The van der Waals surface area contributed by atoms with E-state index in [4.69, 9.17) is 26.4 Å². The van der Waals surface area contributed by atoms with Crippen LogP contribution in [-0.4, -0.2) is 30.5 Å². The standard InChI is InChI=1S/C23H24N2O4S/c1-5-12-28-21(26)18-19-16-10-7-11-17(27-4)20(16)29-23(18,3)25(22(30)24-19)15-9-6-8-14(2)13-15/h5-11,13,18-19H,1,12H2,2-4H3,(H,24,30)/t18-,19-,23-/m0/s1. The van der Waals surface area contributed by atoms with Crippen LogP contribution in [0.4, 0.5) is 5.69 Å². The van der Waals surface area contributed by atoms with E-state index in [1.807, 2.05) is 61.2 Å². The van der Waals surface area contributed by atoms with Crippen molar-refractivity contribution in [2.75, 3.05) is 18.6 Å². The summed E-state index contributed by atoms with van der Waals surface area (Å²) in [7, 11) is 1.60. The molecule has 4 rings (SSSR count). The van der Waals surface area contributed by atoms with E-state index in [0.717, 1.165) is 16.8 Å². The topological polar surface area (TPSA) is 60.0 Å². The molecule has 0 saturated carbocycles. The molecule has 0 unspecified atom stereocenters. The van der Waals surface area contributed by atoms with Gasteiger partial charge >= 0.3 is 5.97 Å². The summed E-state index contributed by atoms with van der Waals surface area (Å²) in [4.78, 5) is 15.0. The number of ether oxygens (including phenoxy) is 3. The number of hydrogen-bond donors (Lipinski definition) is 1. The number of carbonyl (C=O) groups excluding carboxylic acids is 1. The van der Waals surface area contributed by atoms with Crippen molar-refractivity contribution in [3.05, 3.63) is 66.2 Å². The number of thiocarbonyl (C=S) groups is 1. The molecule has 2 aliphatic heterocycles. The Hall–Kier alpha value is -3.06. The third-order valence-corrected chi connectivity index (χ3v) is 5.87. The molecule has 2 aromatic rings. The fraction of sp³-hybridized carbons (Fsp3) is 0.304. The maximum Gasteiger partial charge on any atom is 0.317 e. The van der Waals surface area contributed by atoms with Crippen molar-refractivity contribution in [3.63, 3.8) is 0 Å². The summed E-state index contributed by atoms with van der Waals surface area (Å²) in [5, 5.41) is 3.83. The second kappa shape index (κ2) is 7.65. The Labute approximate surface area is 181 Å². The van der Waals surface area contributed by atoms with Gasteiger partial charge in [0, 0.05) is 11.3 Å². The van der Waals surface area contributed by atoms with Gasteiger partial charge in [0.2, 0.25) is 5.72 Å². The number of fused-ring (bicyclic) bond motifs is 4. The minimum absolute atomic E-state index is 0.123. The third kappa shape index (κ3) is 3.10. The van der Waals surface area contributed by atoms with Gasteiger partial charge in [0.15, 0.2) is 16.6 Å². The zero-order valence-corrected chi connectivity index (χ0v) is 18.0. The molecule has 30 heavy (non-hydrogen) atoms. The highest BCUT2D eigenvalue weighted by Gasteiger charge is 2.60. The highest BCUT2D eigenvalue weighted by molar-refractivity contribution is 7.80. The first-order valence-corrected chi connectivity index (χ1v) is 10.1. The molecule has 1 fully saturated rings. The first kappa shape index (κ1) is 20.2. The molecular weight excluding hydrogens is 400 g/mol. The van der Waals surface area contributed by atoms with Crippen LogP contribution in [0.2, 0.25) is 0 Å². The van der Waals surface area contributed by atoms with Crippen LogP contribution in [0.25, 0.3) is 0 Å². The van der Waals surface area contributed by atoms with Crippen LogP contribution in [0.5, 0.6) is 11.5 Å². The second-order valence-electron chi connectivity index (χ2n) is 7.53. The zero-order valence-electron chi connectivity index (χ0n) is 17.2. The first-order valence-electron chi connectivity index (χ1n) is 9.71. The lowest BCUT2D eigenvalue weighted by molar-refractivity contribution is -0.159. The van der Waals surface area contributed by atoms with E-state index in [1.54, 1.807) is 13.2 Å². The van der Waals surface area contributed by atoms with Gasteiger partial charge in [0.05, 0.1) is 13.2 Å². The summed E-state index contributed by atoms with van der Waals surface area (Å²) in [6.45, 7) is 7.63. The molecule has 0 aromatic heterocycles. The minimum Gasteiger partial charge on any atom is -0.493 e. The Morgan fingerprint density at radius 1 is 1.37 bits per heavy atom. The van der Waals surface area contributed by atoms with E-state index in [9.17, 15) is 4.79 Å². The van der Waals surface area contributed by atoms with Gasteiger partial charge in [-0.2, -0.15) is 0 Å². The van der Waals surface area contributed by atoms with Gasteiger partial charge in [-0.05, 0) is 49.8 Å². The summed E-state index contributed by atoms with van der Waals surface area (Å²) >= 11 is 5.73. The number of esters is 1. The average Bonchev–Trinajstić information content (AvgIpc) is 2.71. The molecule has 156 valence electrons. The van der Waals surface area contributed by atoms with E-state index >= 15 is 0 Å². The summed E-state index contributed by atoms with van der Waals surface area (Å²) in [5.74, 6) is 0.126. The number of carbonyl (C=O) groups is 1. The SMILES string of the molecule is C=CCOC(=O)[C@@H]1[C@H]2NC(=S)N(c3cccc(C)c3)[C@@]1(C)Oc1c(OC)cccc12. The number of benzene rings is 2. The van der Waals surface area contributed by atoms with Crippen LogP contribution in [0, 0.1) is 12.8 Å². The fourth-order valence-corrected chi connectivity index (χ4v) is 4.69. The van der Waals surface area contributed by atoms with Crippen molar-refractivity contribution in [2.24, 2.45) is 5.92 Å². The molecule has 0 radical (unpaired) electrons. The molecule has 0 spiro atoms. The fourth-order valence-electron chi connectivity index (χ4n) is 4.28. The largest absolute Gasteiger partial charge is 0.493 e. The summed E-state index contributed by atoms with van der Waals surface area (Å²) in [6, 6.07) is 13.1. The van der Waals surface area contributed by atoms with Crippen LogP contribution in [-0.2, 0) is 9.53 Å². The Morgan fingerprint density at radius 3 is 2.83 bits per heavy atom. The van der Waals surface area contributed by atoms with E-state index in [-0.39, 0.29) is 12.6 Å². The lowest BCUT2D eigenvalue weighted by atomic mass is 9.79. The Kier molecular flexibility index (Phi) is 5.15. The molecule has 6 nitrogen and oxygen atoms in total. The predicted molar refractivity (Wildman–Crippen MR) is 119 cm³/mol. The summed E-state index contributed by atoms with van der Waals surface area (Å²) < 4.78 is 17.6. The molecule has 1 N–H and O–H groups in total. The first-order chi connectivity index (χ1) is 14.4. The number of methoxy groups -OCH3 is 1. The number of nitrogens with zero attached hydrogens (tertiary/aromatic N) is 1. The smallest absolute Gasteiger partial charge is 0.317 e. The van der Waals surface area contributed by atoms with Gasteiger partial charge in [-0.1, -0.05) is 36.9 Å². The van der Waals surface area contributed by atoms with Crippen LogP contribution in [0.1, 0.15) is 24.1 Å². The molecule has 2 aromatic carbocycles. The molecule has 2 aliphatic rings. The molecular formula is C23H24N2O4S. The van der Waals surface area contributed by atoms with Crippen molar-refractivity contribution < 1.29 is 19.0 Å². The lowest BCUT2D eigenvalue weighted by Gasteiger charge is -2.55. The molecule has 0 aliphatic carbocycles. The zero-order chi connectivity index (χ0) is 21.5. The predicted octanol–water partition coefficient (Wildman–Crippen LogP) is 3.89. The van der Waals surface area contributed by atoms with Gasteiger partial charge in [-0.3, -0.25) is 9.69 Å². The number of anilines is 1. The van der Waals surface area contributed by atoms with E-state index in [0.29, 0.717) is 16.6 Å². The Morgan fingerprint density at radius 2 is 2.13 bits per heavy atom. The van der Waals surface area contributed by atoms with E-state index in [1.165, 1.54) is 0 Å². The monoisotopic (exact) mass is 424 g/mol.